The molecular weight excluding hydrogens is 216 g/mol. The minimum absolute atomic E-state index is 0.169. The number of aromatic nitrogens is 2. The summed E-state index contributed by atoms with van der Waals surface area (Å²) >= 11 is 5.96. The fourth-order valence-electron chi connectivity index (χ4n) is 1.32. The van der Waals surface area contributed by atoms with Crippen molar-refractivity contribution >= 4 is 11.6 Å². The highest BCUT2D eigenvalue weighted by atomic mass is 35.5. The van der Waals surface area contributed by atoms with E-state index in [2.05, 4.69) is 10.2 Å². The van der Waals surface area contributed by atoms with Crippen molar-refractivity contribution in [1.82, 2.24) is 10.2 Å². The normalized spacial score (nSPS) is 10.3. The highest BCUT2D eigenvalue weighted by Gasteiger charge is 2.05. The van der Waals surface area contributed by atoms with Gasteiger partial charge >= 0.3 is 0 Å². The molecule has 0 amide bonds. The zero-order valence-corrected chi connectivity index (χ0v) is 8.76. The second-order valence-electron chi connectivity index (χ2n) is 3.02. The molecule has 4 nitrogen and oxygen atoms in total. The fourth-order valence-corrected chi connectivity index (χ4v) is 1.58. The minimum Gasteiger partial charge on any atom is -0.495 e. The van der Waals surface area contributed by atoms with E-state index in [1.165, 1.54) is 6.07 Å². The Kier molecular flexibility index (Phi) is 2.51. The Morgan fingerprint density at radius 2 is 2.07 bits per heavy atom. The third kappa shape index (κ3) is 1.89. The van der Waals surface area contributed by atoms with E-state index < -0.39 is 0 Å². The number of hydrogen-bond acceptors (Lipinski definition) is 2. The highest BCUT2D eigenvalue weighted by Crippen LogP contribution is 2.28. The first-order valence-corrected chi connectivity index (χ1v) is 4.70. The molecule has 1 aromatic heterocycles. The second-order valence-corrected chi connectivity index (χ2v) is 3.43. The molecule has 0 fully saturated rings. The average Bonchev–Trinajstić information content (AvgIpc) is 2.65. The van der Waals surface area contributed by atoms with Crippen LogP contribution < -0.4 is 10.3 Å². The number of hydrogen-bond donors (Lipinski definition) is 2. The summed E-state index contributed by atoms with van der Waals surface area (Å²) in [5.41, 5.74) is 1.36. The van der Waals surface area contributed by atoms with Crippen molar-refractivity contribution in [3.8, 4) is 17.0 Å². The van der Waals surface area contributed by atoms with E-state index in [1.54, 1.807) is 19.2 Å². The van der Waals surface area contributed by atoms with Gasteiger partial charge in [0.25, 0.3) is 5.56 Å². The van der Waals surface area contributed by atoms with Gasteiger partial charge in [0.15, 0.2) is 0 Å². The van der Waals surface area contributed by atoms with Gasteiger partial charge in [-0.2, -0.15) is 0 Å². The summed E-state index contributed by atoms with van der Waals surface area (Å²) in [6.07, 6.45) is 0. The average molecular weight is 225 g/mol. The van der Waals surface area contributed by atoms with Gasteiger partial charge in [0.1, 0.15) is 5.75 Å². The minimum atomic E-state index is -0.169. The van der Waals surface area contributed by atoms with E-state index in [0.717, 1.165) is 5.56 Å². The smallest absolute Gasteiger partial charge is 0.264 e. The molecule has 5 heteroatoms. The molecule has 0 aliphatic heterocycles. The van der Waals surface area contributed by atoms with E-state index in [9.17, 15) is 4.79 Å². The predicted molar refractivity (Wildman–Crippen MR) is 58.4 cm³/mol. The third-order valence-corrected chi connectivity index (χ3v) is 2.35. The number of aromatic amines is 2. The van der Waals surface area contributed by atoms with Crippen molar-refractivity contribution in [3.05, 3.63) is 39.6 Å². The summed E-state index contributed by atoms with van der Waals surface area (Å²) in [7, 11) is 1.55. The molecule has 1 heterocycles. The highest BCUT2D eigenvalue weighted by molar-refractivity contribution is 6.32. The van der Waals surface area contributed by atoms with E-state index in [0.29, 0.717) is 16.5 Å². The maximum Gasteiger partial charge on any atom is 0.264 e. The van der Waals surface area contributed by atoms with Gasteiger partial charge in [0.05, 0.1) is 17.8 Å². The quantitative estimate of drug-likeness (QED) is 0.820. The molecular formula is C10H9ClN2O2. The summed E-state index contributed by atoms with van der Waals surface area (Å²) in [5.74, 6) is 0.610. The van der Waals surface area contributed by atoms with E-state index in [4.69, 9.17) is 16.3 Å². The number of nitrogens with one attached hydrogen (secondary N) is 2. The number of rotatable bonds is 2. The van der Waals surface area contributed by atoms with Crippen molar-refractivity contribution in [3.63, 3.8) is 0 Å². The number of benzene rings is 1. The summed E-state index contributed by atoms with van der Waals surface area (Å²) in [5, 5.41) is 5.72. The lowest BCUT2D eigenvalue weighted by Crippen LogP contribution is -1.93. The monoisotopic (exact) mass is 224 g/mol. The topological polar surface area (TPSA) is 57.9 Å². The predicted octanol–water partition coefficient (Wildman–Crippen LogP) is 2.03. The van der Waals surface area contributed by atoms with Crippen molar-refractivity contribution in [2.24, 2.45) is 0 Å². The maximum atomic E-state index is 10.9. The van der Waals surface area contributed by atoms with Gasteiger partial charge in [-0.25, -0.2) is 0 Å². The molecule has 0 saturated heterocycles. The third-order valence-electron chi connectivity index (χ3n) is 2.06. The Hall–Kier alpha value is -1.68. The van der Waals surface area contributed by atoms with E-state index in [-0.39, 0.29) is 5.56 Å². The summed E-state index contributed by atoms with van der Waals surface area (Å²) in [4.78, 5) is 10.9. The Bertz CT molecular complexity index is 530. The van der Waals surface area contributed by atoms with Gasteiger partial charge in [-0.1, -0.05) is 11.6 Å². The zero-order chi connectivity index (χ0) is 10.8. The molecule has 0 spiro atoms. The molecule has 0 atom stereocenters. The first-order valence-electron chi connectivity index (χ1n) is 4.32. The summed E-state index contributed by atoms with van der Waals surface area (Å²) in [6, 6.07) is 6.78. The summed E-state index contributed by atoms with van der Waals surface area (Å²) < 4.78 is 5.03. The zero-order valence-electron chi connectivity index (χ0n) is 8.00. The van der Waals surface area contributed by atoms with Crippen molar-refractivity contribution in [2.75, 3.05) is 7.11 Å². The standard InChI is InChI=1S/C10H9ClN2O2/c1-15-9-3-2-6(4-7(9)11)8-5-10(14)13-12-8/h2-5H,1H3,(H2,12,13,14). The molecule has 2 N–H and O–H groups in total. The lowest BCUT2D eigenvalue weighted by atomic mass is 10.1. The van der Waals surface area contributed by atoms with E-state index >= 15 is 0 Å². The van der Waals surface area contributed by atoms with Crippen molar-refractivity contribution in [1.29, 1.82) is 0 Å². The SMILES string of the molecule is COc1ccc(-c2cc(=O)[nH][nH]2)cc1Cl. The Balaban J connectivity index is 2.46. The summed E-state index contributed by atoms with van der Waals surface area (Å²) in [6.45, 7) is 0. The first-order chi connectivity index (χ1) is 7.20. The Labute approximate surface area is 90.8 Å². The molecule has 78 valence electrons. The number of ether oxygens (including phenoxy) is 1. The molecule has 0 radical (unpaired) electrons. The van der Waals surface area contributed by atoms with Gasteiger partial charge in [-0.15, -0.1) is 0 Å². The van der Waals surface area contributed by atoms with Gasteiger partial charge in [0.2, 0.25) is 0 Å². The van der Waals surface area contributed by atoms with Gasteiger partial charge in [0, 0.05) is 11.6 Å². The van der Waals surface area contributed by atoms with Crippen LogP contribution >= 0.6 is 11.6 Å². The van der Waals surface area contributed by atoms with Crippen LogP contribution in [-0.4, -0.2) is 17.3 Å². The number of methoxy groups -OCH3 is 1. The molecule has 0 aliphatic carbocycles. The van der Waals surface area contributed by atoms with Crippen molar-refractivity contribution < 1.29 is 4.74 Å². The van der Waals surface area contributed by atoms with Crippen LogP contribution in [-0.2, 0) is 0 Å². The van der Waals surface area contributed by atoms with Gasteiger partial charge in [-0.3, -0.25) is 15.0 Å². The van der Waals surface area contributed by atoms with Crippen molar-refractivity contribution in [2.45, 2.75) is 0 Å². The van der Waals surface area contributed by atoms with Gasteiger partial charge < -0.3 is 4.74 Å². The fraction of sp³-hybridized carbons (Fsp3) is 0.100. The lowest BCUT2D eigenvalue weighted by molar-refractivity contribution is 0.415. The van der Waals surface area contributed by atoms with Crippen LogP contribution in [0, 0.1) is 0 Å². The molecule has 15 heavy (non-hydrogen) atoms. The van der Waals surface area contributed by atoms with Crippen LogP contribution in [0.15, 0.2) is 29.1 Å². The van der Waals surface area contributed by atoms with Crippen LogP contribution in [0.25, 0.3) is 11.3 Å². The molecule has 2 aromatic rings. The first kappa shape index (κ1) is 9.86. The molecule has 2 rings (SSSR count). The lowest BCUT2D eigenvalue weighted by Gasteiger charge is -2.04. The Morgan fingerprint density at radius 3 is 2.60 bits per heavy atom. The van der Waals surface area contributed by atoms with Crippen LogP contribution in [0.2, 0.25) is 5.02 Å². The van der Waals surface area contributed by atoms with Crippen LogP contribution in [0.5, 0.6) is 5.75 Å². The molecule has 0 aliphatic rings. The molecule has 0 unspecified atom stereocenters. The molecule has 1 aromatic carbocycles. The van der Waals surface area contributed by atoms with Gasteiger partial charge in [-0.05, 0) is 18.2 Å². The van der Waals surface area contributed by atoms with E-state index in [1.807, 2.05) is 6.07 Å². The second kappa shape index (κ2) is 3.82. The Morgan fingerprint density at radius 1 is 1.27 bits per heavy atom. The molecule has 0 bridgehead atoms. The van der Waals surface area contributed by atoms with Crippen LogP contribution in [0.1, 0.15) is 0 Å². The molecule has 0 saturated carbocycles. The number of H-pyrrole nitrogens is 2. The number of halogens is 1. The van der Waals surface area contributed by atoms with Crippen LogP contribution in [0.3, 0.4) is 0 Å². The van der Waals surface area contributed by atoms with Crippen LogP contribution in [0.4, 0.5) is 0 Å². The maximum absolute atomic E-state index is 10.9. The largest absolute Gasteiger partial charge is 0.495 e.